The predicted molar refractivity (Wildman–Crippen MR) is 114 cm³/mol. The minimum absolute atomic E-state index is 0.389. The number of anilines is 1. The van der Waals surface area contributed by atoms with Crippen molar-refractivity contribution in [2.24, 2.45) is 0 Å². The number of ether oxygens (including phenoxy) is 2. The lowest BCUT2D eigenvalue weighted by Crippen LogP contribution is -2.42. The van der Waals surface area contributed by atoms with Crippen molar-refractivity contribution in [2.45, 2.75) is 31.7 Å². The summed E-state index contributed by atoms with van der Waals surface area (Å²) < 4.78 is 10.4. The minimum atomic E-state index is -1.21. The molecule has 0 saturated carbocycles. The normalized spacial score (nSPS) is 19.8. The number of fused-ring (bicyclic) bond motifs is 1. The molecule has 1 fully saturated rings. The molecule has 0 bridgehead atoms. The maximum absolute atomic E-state index is 13.2. The minimum Gasteiger partial charge on any atom is -0.497 e. The molecule has 2 aromatic carbocycles. The molecular formula is C23H25N3O5. The van der Waals surface area contributed by atoms with Crippen LogP contribution in [-0.2, 0) is 28.0 Å². The van der Waals surface area contributed by atoms with Gasteiger partial charge in [0.2, 0.25) is 5.91 Å². The van der Waals surface area contributed by atoms with E-state index in [0.29, 0.717) is 17.2 Å². The smallest absolute Gasteiger partial charge is 0.325 e. The molecule has 1 atom stereocenters. The van der Waals surface area contributed by atoms with Gasteiger partial charge in [0.05, 0.1) is 19.9 Å². The first-order valence-corrected chi connectivity index (χ1v) is 10.1. The second-order valence-electron chi connectivity index (χ2n) is 7.90. The molecule has 8 nitrogen and oxygen atoms in total. The molecule has 162 valence electrons. The quantitative estimate of drug-likeness (QED) is 0.696. The van der Waals surface area contributed by atoms with Gasteiger partial charge in [0.15, 0.2) is 0 Å². The Balaban J connectivity index is 1.51. The first-order chi connectivity index (χ1) is 14.9. The van der Waals surface area contributed by atoms with Crippen LogP contribution < -0.4 is 20.1 Å². The third kappa shape index (κ3) is 3.69. The van der Waals surface area contributed by atoms with Crippen molar-refractivity contribution in [3.8, 4) is 11.5 Å². The van der Waals surface area contributed by atoms with Crippen molar-refractivity contribution in [3.63, 3.8) is 0 Å². The number of rotatable bonds is 6. The Kier molecular flexibility index (Phi) is 5.31. The Hall–Kier alpha value is -3.55. The van der Waals surface area contributed by atoms with Crippen LogP contribution in [0.2, 0.25) is 0 Å². The van der Waals surface area contributed by atoms with E-state index < -0.39 is 29.9 Å². The number of aryl methyl sites for hydroxylation is 2. The third-order valence-corrected chi connectivity index (χ3v) is 5.93. The van der Waals surface area contributed by atoms with Crippen LogP contribution in [0.5, 0.6) is 11.5 Å². The highest BCUT2D eigenvalue weighted by atomic mass is 16.5. The second kappa shape index (κ2) is 7.94. The van der Waals surface area contributed by atoms with Crippen LogP contribution >= 0.6 is 0 Å². The molecule has 0 spiro atoms. The van der Waals surface area contributed by atoms with Crippen LogP contribution in [0, 0.1) is 0 Å². The third-order valence-electron chi connectivity index (χ3n) is 5.93. The van der Waals surface area contributed by atoms with Gasteiger partial charge in [0.1, 0.15) is 23.6 Å². The topological polar surface area (TPSA) is 97.0 Å². The van der Waals surface area contributed by atoms with Crippen LogP contribution in [0.15, 0.2) is 36.4 Å². The molecule has 2 N–H and O–H groups in total. The number of carbonyl (C=O) groups is 3. The molecule has 8 heteroatoms. The summed E-state index contributed by atoms with van der Waals surface area (Å²) in [7, 11) is 3.00. The number of hydrogen-bond acceptors (Lipinski definition) is 5. The fourth-order valence-electron chi connectivity index (χ4n) is 4.16. The highest BCUT2D eigenvalue weighted by molar-refractivity contribution is 6.10. The predicted octanol–water partition coefficient (Wildman–Crippen LogP) is 2.60. The van der Waals surface area contributed by atoms with Crippen molar-refractivity contribution in [2.75, 3.05) is 26.1 Å². The van der Waals surface area contributed by atoms with Crippen molar-refractivity contribution in [1.82, 2.24) is 10.2 Å². The number of imide groups is 1. The molecule has 31 heavy (non-hydrogen) atoms. The van der Waals surface area contributed by atoms with Gasteiger partial charge in [0, 0.05) is 6.07 Å². The second-order valence-corrected chi connectivity index (χ2v) is 7.90. The molecule has 2 aliphatic rings. The fraction of sp³-hybridized carbons (Fsp3) is 0.348. The molecule has 4 rings (SSSR count). The van der Waals surface area contributed by atoms with Crippen LogP contribution in [0.1, 0.15) is 30.0 Å². The SMILES string of the molecule is COc1ccc(OC)c(NC(=O)CN2C(=O)N[C@@](C)(c3ccc4c(c3)CCC4)C2=O)c1. The van der Waals surface area contributed by atoms with Crippen LogP contribution in [0.3, 0.4) is 0 Å². The molecule has 4 amide bonds. The van der Waals surface area contributed by atoms with Crippen LogP contribution in [-0.4, -0.2) is 43.5 Å². The van der Waals surface area contributed by atoms with Gasteiger partial charge < -0.3 is 20.1 Å². The summed E-state index contributed by atoms with van der Waals surface area (Å²) >= 11 is 0. The van der Waals surface area contributed by atoms with Gasteiger partial charge in [-0.25, -0.2) is 4.79 Å². The van der Waals surface area contributed by atoms with Gasteiger partial charge in [-0.3, -0.25) is 14.5 Å². The Morgan fingerprint density at radius 2 is 1.87 bits per heavy atom. The van der Waals surface area contributed by atoms with E-state index in [0.717, 1.165) is 29.7 Å². The number of urea groups is 1. The highest BCUT2D eigenvalue weighted by Crippen LogP contribution is 2.33. The lowest BCUT2D eigenvalue weighted by Gasteiger charge is -2.23. The van der Waals surface area contributed by atoms with E-state index in [1.54, 1.807) is 25.1 Å². The monoisotopic (exact) mass is 423 g/mol. The zero-order chi connectivity index (χ0) is 22.2. The molecule has 0 aromatic heterocycles. The summed E-state index contributed by atoms with van der Waals surface area (Å²) in [6, 6.07) is 10.3. The van der Waals surface area contributed by atoms with Crippen molar-refractivity contribution in [3.05, 3.63) is 53.1 Å². The summed E-state index contributed by atoms with van der Waals surface area (Å²) in [4.78, 5) is 39.3. The lowest BCUT2D eigenvalue weighted by atomic mass is 9.89. The maximum Gasteiger partial charge on any atom is 0.325 e. The fourth-order valence-corrected chi connectivity index (χ4v) is 4.16. The van der Waals surface area contributed by atoms with E-state index in [2.05, 4.69) is 10.6 Å². The molecule has 1 aliphatic carbocycles. The number of methoxy groups -OCH3 is 2. The van der Waals surface area contributed by atoms with Crippen molar-refractivity contribution in [1.29, 1.82) is 0 Å². The Morgan fingerprint density at radius 3 is 2.61 bits per heavy atom. The maximum atomic E-state index is 13.2. The molecule has 1 saturated heterocycles. The Morgan fingerprint density at radius 1 is 1.10 bits per heavy atom. The molecule has 2 aromatic rings. The summed E-state index contributed by atoms with van der Waals surface area (Å²) in [5.74, 6) is 0.000988. The standard InChI is InChI=1S/C23H25N3O5/c1-23(16-8-7-14-5-4-6-15(14)11-16)21(28)26(22(29)25-23)13-20(27)24-18-12-17(30-2)9-10-19(18)31-3/h7-12H,4-6,13H2,1-3H3,(H,24,27)(H,25,29)/t23-/m0/s1. The largest absolute Gasteiger partial charge is 0.497 e. The van der Waals surface area contributed by atoms with Gasteiger partial charge in [-0.1, -0.05) is 18.2 Å². The van der Waals surface area contributed by atoms with E-state index >= 15 is 0 Å². The van der Waals surface area contributed by atoms with E-state index in [1.165, 1.54) is 25.3 Å². The molecule has 0 radical (unpaired) electrons. The van der Waals surface area contributed by atoms with Gasteiger partial charge in [-0.05, 0) is 55.0 Å². The number of amides is 4. The summed E-state index contributed by atoms with van der Waals surface area (Å²) in [6.07, 6.45) is 3.10. The van der Waals surface area contributed by atoms with Crippen molar-refractivity contribution < 1.29 is 23.9 Å². The lowest BCUT2D eigenvalue weighted by molar-refractivity contribution is -0.133. The number of nitrogens with one attached hydrogen (secondary N) is 2. The summed E-state index contributed by atoms with van der Waals surface area (Å²) in [5, 5.41) is 5.45. The van der Waals surface area contributed by atoms with Crippen molar-refractivity contribution >= 4 is 23.5 Å². The molecular weight excluding hydrogens is 398 g/mol. The Bertz CT molecular complexity index is 1070. The Labute approximate surface area is 180 Å². The average Bonchev–Trinajstić information content (AvgIpc) is 3.32. The number of carbonyl (C=O) groups excluding carboxylic acids is 3. The zero-order valence-electron chi connectivity index (χ0n) is 17.8. The van der Waals surface area contributed by atoms with Gasteiger partial charge in [-0.15, -0.1) is 0 Å². The average molecular weight is 423 g/mol. The van der Waals surface area contributed by atoms with Gasteiger partial charge in [-0.2, -0.15) is 0 Å². The number of hydrogen-bond donors (Lipinski definition) is 2. The van der Waals surface area contributed by atoms with Crippen LogP contribution in [0.4, 0.5) is 10.5 Å². The first kappa shape index (κ1) is 20.7. The van der Waals surface area contributed by atoms with E-state index in [1.807, 2.05) is 18.2 Å². The number of nitrogens with zero attached hydrogens (tertiary/aromatic N) is 1. The molecule has 1 heterocycles. The first-order valence-electron chi connectivity index (χ1n) is 10.1. The molecule has 1 aliphatic heterocycles. The van der Waals surface area contributed by atoms with E-state index in [9.17, 15) is 14.4 Å². The highest BCUT2D eigenvalue weighted by Gasteiger charge is 2.49. The molecule has 0 unspecified atom stereocenters. The number of benzene rings is 2. The van der Waals surface area contributed by atoms with E-state index in [-0.39, 0.29) is 0 Å². The van der Waals surface area contributed by atoms with E-state index in [4.69, 9.17) is 9.47 Å². The van der Waals surface area contributed by atoms with Gasteiger partial charge in [0.25, 0.3) is 5.91 Å². The zero-order valence-corrected chi connectivity index (χ0v) is 17.8. The summed E-state index contributed by atoms with van der Waals surface area (Å²) in [5.41, 5.74) is 2.40. The van der Waals surface area contributed by atoms with Gasteiger partial charge >= 0.3 is 6.03 Å². The summed E-state index contributed by atoms with van der Waals surface area (Å²) in [6.45, 7) is 1.26. The van der Waals surface area contributed by atoms with Crippen LogP contribution in [0.25, 0.3) is 0 Å².